The maximum Gasteiger partial charge on any atom is 0.177 e. The summed E-state index contributed by atoms with van der Waals surface area (Å²) in [6.07, 6.45) is 0. The average molecular weight is 401 g/mol. The molecule has 0 amide bonds. The van der Waals surface area contributed by atoms with Gasteiger partial charge < -0.3 is 4.74 Å². The number of methoxy groups -OCH3 is 1. The maximum atomic E-state index is 11.8. The third-order valence-electron chi connectivity index (χ3n) is 1.86. The van der Waals surface area contributed by atoms with E-state index in [9.17, 15) is 4.79 Å². The van der Waals surface area contributed by atoms with E-state index in [2.05, 4.69) is 47.8 Å². The Morgan fingerprint density at radius 3 is 2.73 bits per heavy atom. The predicted molar refractivity (Wildman–Crippen MR) is 71.5 cm³/mol. The molecule has 0 fully saturated rings. The van der Waals surface area contributed by atoms with Crippen LogP contribution in [0, 0.1) is 0 Å². The second kappa shape index (κ2) is 6.01. The second-order valence-electron chi connectivity index (χ2n) is 2.84. The summed E-state index contributed by atoms with van der Waals surface area (Å²) in [5, 5.41) is 0.588. The van der Waals surface area contributed by atoms with Gasteiger partial charge in [0.25, 0.3) is 0 Å². The van der Waals surface area contributed by atoms with E-state index in [1.807, 2.05) is 0 Å². The number of alkyl halides is 2. The van der Waals surface area contributed by atoms with Crippen molar-refractivity contribution in [2.24, 2.45) is 0 Å². The highest BCUT2D eigenvalue weighted by atomic mass is 79.9. The van der Waals surface area contributed by atoms with Gasteiger partial charge >= 0.3 is 0 Å². The van der Waals surface area contributed by atoms with Crippen molar-refractivity contribution in [3.63, 3.8) is 0 Å². The van der Waals surface area contributed by atoms with Gasteiger partial charge in [-0.3, -0.25) is 4.79 Å². The van der Waals surface area contributed by atoms with Crippen LogP contribution in [0.25, 0.3) is 0 Å². The van der Waals surface area contributed by atoms with Crippen molar-refractivity contribution in [2.75, 3.05) is 12.4 Å². The third kappa shape index (κ3) is 3.29. The topological polar surface area (TPSA) is 26.3 Å². The molecule has 0 spiro atoms. The van der Waals surface area contributed by atoms with E-state index in [1.165, 1.54) is 0 Å². The molecule has 5 heteroatoms. The van der Waals surface area contributed by atoms with Crippen LogP contribution in [-0.4, -0.2) is 23.1 Å². The molecule has 82 valence electrons. The second-order valence-corrected chi connectivity index (χ2v) is 5.44. The molecule has 0 saturated carbocycles. The molecular formula is C10H9Br3O2. The summed E-state index contributed by atoms with van der Waals surface area (Å²) in [6, 6.07) is 5.30. The van der Waals surface area contributed by atoms with Gasteiger partial charge in [0, 0.05) is 10.9 Å². The molecule has 1 aromatic rings. The number of carbonyl (C=O) groups is 1. The van der Waals surface area contributed by atoms with E-state index < -0.39 is 0 Å². The molecule has 0 aliphatic rings. The van der Waals surface area contributed by atoms with E-state index >= 15 is 0 Å². The molecule has 1 aromatic carbocycles. The fourth-order valence-electron chi connectivity index (χ4n) is 1.06. The van der Waals surface area contributed by atoms with E-state index in [0.29, 0.717) is 16.6 Å². The molecule has 1 rings (SSSR count). The smallest absolute Gasteiger partial charge is 0.177 e. The molecule has 0 heterocycles. The fourth-order valence-corrected chi connectivity index (χ4v) is 2.03. The number of hydrogen-bond acceptors (Lipinski definition) is 2. The van der Waals surface area contributed by atoms with E-state index in [4.69, 9.17) is 4.74 Å². The van der Waals surface area contributed by atoms with E-state index in [-0.39, 0.29) is 10.6 Å². The summed E-state index contributed by atoms with van der Waals surface area (Å²) in [5.41, 5.74) is 0.636. The van der Waals surface area contributed by atoms with Gasteiger partial charge in [0.2, 0.25) is 0 Å². The molecule has 0 bridgehead atoms. The third-order valence-corrected chi connectivity index (χ3v) is 4.77. The minimum absolute atomic E-state index is 0.0395. The molecule has 2 nitrogen and oxygen atoms in total. The van der Waals surface area contributed by atoms with Crippen LogP contribution in [0.5, 0.6) is 5.75 Å². The van der Waals surface area contributed by atoms with Gasteiger partial charge in [0.05, 0.1) is 16.4 Å². The largest absolute Gasteiger partial charge is 0.496 e. The van der Waals surface area contributed by atoms with E-state index in [0.717, 1.165) is 4.47 Å². The number of rotatable bonds is 4. The molecule has 0 N–H and O–H groups in total. The van der Waals surface area contributed by atoms with Crippen molar-refractivity contribution in [2.45, 2.75) is 4.83 Å². The van der Waals surface area contributed by atoms with Gasteiger partial charge in [-0.25, -0.2) is 0 Å². The molecule has 1 atom stereocenters. The lowest BCUT2D eigenvalue weighted by molar-refractivity contribution is 0.0997. The maximum absolute atomic E-state index is 11.8. The van der Waals surface area contributed by atoms with Gasteiger partial charge in [-0.15, -0.1) is 0 Å². The van der Waals surface area contributed by atoms with Crippen LogP contribution in [0.1, 0.15) is 10.4 Å². The summed E-state index contributed by atoms with van der Waals surface area (Å²) < 4.78 is 5.96. The van der Waals surface area contributed by atoms with E-state index in [1.54, 1.807) is 25.3 Å². The molecule has 1 unspecified atom stereocenters. The van der Waals surface area contributed by atoms with Gasteiger partial charge in [0.15, 0.2) is 5.78 Å². The molecular weight excluding hydrogens is 392 g/mol. The summed E-state index contributed by atoms with van der Waals surface area (Å²) in [5.74, 6) is 0.702. The zero-order valence-electron chi connectivity index (χ0n) is 7.97. The number of Topliss-reactive ketones (excluding diaryl/α,β-unsaturated/α-hetero) is 1. The number of benzene rings is 1. The van der Waals surface area contributed by atoms with Crippen LogP contribution in [0.4, 0.5) is 0 Å². The van der Waals surface area contributed by atoms with Crippen LogP contribution in [0.15, 0.2) is 22.7 Å². The first-order valence-electron chi connectivity index (χ1n) is 4.18. The minimum Gasteiger partial charge on any atom is -0.496 e. The number of ketones is 1. The first kappa shape index (κ1) is 13.2. The van der Waals surface area contributed by atoms with Crippen LogP contribution in [0.3, 0.4) is 0 Å². The van der Waals surface area contributed by atoms with Gasteiger partial charge in [-0.05, 0) is 34.1 Å². The summed E-state index contributed by atoms with van der Waals surface area (Å²) in [4.78, 5) is 11.6. The Bertz CT molecular complexity index is 366. The van der Waals surface area contributed by atoms with Crippen molar-refractivity contribution in [1.29, 1.82) is 0 Å². The van der Waals surface area contributed by atoms with Crippen molar-refractivity contribution in [3.05, 3.63) is 28.2 Å². The van der Waals surface area contributed by atoms with Crippen LogP contribution in [0.2, 0.25) is 0 Å². The lowest BCUT2D eigenvalue weighted by Gasteiger charge is -2.08. The first-order valence-corrected chi connectivity index (χ1v) is 7.01. The number of carbonyl (C=O) groups excluding carboxylic acids is 1. The van der Waals surface area contributed by atoms with Gasteiger partial charge in [-0.2, -0.15) is 0 Å². The lowest BCUT2D eigenvalue weighted by Crippen LogP contribution is -2.15. The predicted octanol–water partition coefficient (Wildman–Crippen LogP) is 3.80. The van der Waals surface area contributed by atoms with Crippen molar-refractivity contribution in [3.8, 4) is 5.75 Å². The van der Waals surface area contributed by atoms with Crippen LogP contribution >= 0.6 is 47.8 Å². The number of hydrogen-bond donors (Lipinski definition) is 0. The van der Waals surface area contributed by atoms with Crippen molar-refractivity contribution < 1.29 is 9.53 Å². The fraction of sp³-hybridized carbons (Fsp3) is 0.300. The summed E-state index contributed by atoms with van der Waals surface area (Å²) >= 11 is 9.89. The molecule has 0 aliphatic carbocycles. The SMILES string of the molecule is COc1cc(C(=O)C(Br)CBr)ccc1Br. The normalized spacial score (nSPS) is 12.3. The summed E-state index contributed by atoms with van der Waals surface area (Å²) in [7, 11) is 1.57. The molecule has 0 radical (unpaired) electrons. The Morgan fingerprint density at radius 2 is 2.20 bits per heavy atom. The summed E-state index contributed by atoms with van der Waals surface area (Å²) in [6.45, 7) is 0. The number of ether oxygens (including phenoxy) is 1. The zero-order chi connectivity index (χ0) is 11.4. The van der Waals surface area contributed by atoms with Crippen LogP contribution < -0.4 is 4.74 Å². The molecule has 0 aliphatic heterocycles. The Morgan fingerprint density at radius 1 is 1.53 bits per heavy atom. The Kier molecular flexibility index (Phi) is 5.29. The van der Waals surface area contributed by atoms with Crippen molar-refractivity contribution in [1.82, 2.24) is 0 Å². The average Bonchev–Trinajstić information content (AvgIpc) is 2.27. The molecule has 0 aromatic heterocycles. The highest BCUT2D eigenvalue weighted by Crippen LogP contribution is 2.26. The molecule has 15 heavy (non-hydrogen) atoms. The first-order chi connectivity index (χ1) is 7.10. The molecule has 0 saturated heterocycles. The van der Waals surface area contributed by atoms with Crippen molar-refractivity contribution >= 4 is 53.6 Å². The lowest BCUT2D eigenvalue weighted by atomic mass is 10.1. The Balaban J connectivity index is 3.01. The monoisotopic (exact) mass is 398 g/mol. The zero-order valence-corrected chi connectivity index (χ0v) is 12.7. The quantitative estimate of drug-likeness (QED) is 0.567. The minimum atomic E-state index is -0.205. The highest BCUT2D eigenvalue weighted by molar-refractivity contribution is 9.12. The van der Waals surface area contributed by atoms with Gasteiger partial charge in [-0.1, -0.05) is 31.9 Å². The van der Waals surface area contributed by atoms with Gasteiger partial charge in [0.1, 0.15) is 5.75 Å². The Labute approximate surface area is 114 Å². The Hall–Kier alpha value is 0.130. The standard InChI is InChI=1S/C10H9Br3O2/c1-15-9-4-6(2-3-7(9)12)10(14)8(13)5-11/h2-4,8H,5H2,1H3. The number of halogens is 3. The highest BCUT2D eigenvalue weighted by Gasteiger charge is 2.16. The van der Waals surface area contributed by atoms with Crippen LogP contribution in [-0.2, 0) is 0 Å².